The fourth-order valence-corrected chi connectivity index (χ4v) is 2.02. The minimum atomic E-state index is 0.679. The van der Waals surface area contributed by atoms with Crippen LogP contribution in [0.25, 0.3) is 0 Å². The van der Waals surface area contributed by atoms with Crippen molar-refractivity contribution in [3.05, 3.63) is 65.6 Å². The van der Waals surface area contributed by atoms with E-state index in [2.05, 4.69) is 34.1 Å². The Hall–Kier alpha value is -2.20. The summed E-state index contributed by atoms with van der Waals surface area (Å²) in [6, 6.07) is 10.1. The third-order valence-corrected chi connectivity index (χ3v) is 2.95. The van der Waals surface area contributed by atoms with Gasteiger partial charge in [0.15, 0.2) is 0 Å². The fraction of sp³-hybridized carbons (Fsp3) is 0.200. The van der Waals surface area contributed by atoms with E-state index in [1.54, 1.807) is 0 Å². The average molecular weight is 254 g/mol. The minimum Gasteiger partial charge on any atom is -0.308 e. The van der Waals surface area contributed by atoms with Crippen LogP contribution in [0, 0.1) is 6.92 Å². The van der Waals surface area contributed by atoms with Gasteiger partial charge in [0.2, 0.25) is 0 Å². The van der Waals surface area contributed by atoms with Crippen LogP contribution in [0.15, 0.2) is 43.0 Å². The number of nitrogens with two attached hydrogens (primary N) is 1. The van der Waals surface area contributed by atoms with Crippen LogP contribution in [-0.4, -0.2) is 9.97 Å². The molecule has 2 rings (SSSR count). The van der Waals surface area contributed by atoms with E-state index in [1.165, 1.54) is 5.56 Å². The molecule has 0 saturated carbocycles. The van der Waals surface area contributed by atoms with Gasteiger partial charge in [-0.25, -0.2) is 15.8 Å². The Morgan fingerprint density at radius 3 is 2.63 bits per heavy atom. The van der Waals surface area contributed by atoms with Crippen LogP contribution in [0.3, 0.4) is 0 Å². The van der Waals surface area contributed by atoms with Crippen LogP contribution in [-0.2, 0) is 12.8 Å². The Bertz CT molecular complexity index is 564. The van der Waals surface area contributed by atoms with Crippen molar-refractivity contribution in [2.75, 3.05) is 5.43 Å². The van der Waals surface area contributed by atoms with Gasteiger partial charge in [-0.05, 0) is 18.9 Å². The molecule has 0 aliphatic carbocycles. The standard InChI is InChI=1S/C15H18N4/c1-3-7-13-11(2)17-14(18-15(13)19-16)10-12-8-5-4-6-9-12/h3-6,8-9H,1,7,10,16H2,2H3,(H,17,18,19). The molecule has 2 aromatic rings. The predicted molar refractivity (Wildman–Crippen MR) is 77.7 cm³/mol. The average Bonchev–Trinajstić information content (AvgIpc) is 2.42. The van der Waals surface area contributed by atoms with Gasteiger partial charge in [0.05, 0.1) is 0 Å². The topological polar surface area (TPSA) is 63.8 Å². The van der Waals surface area contributed by atoms with E-state index in [-0.39, 0.29) is 0 Å². The molecule has 3 N–H and O–H groups in total. The fourth-order valence-electron chi connectivity index (χ4n) is 2.02. The number of aromatic nitrogens is 2. The molecule has 0 atom stereocenters. The lowest BCUT2D eigenvalue weighted by atomic mass is 10.1. The van der Waals surface area contributed by atoms with E-state index in [0.717, 1.165) is 17.1 Å². The molecule has 1 aromatic heterocycles. The van der Waals surface area contributed by atoms with Gasteiger partial charge >= 0.3 is 0 Å². The number of hydrogen-bond acceptors (Lipinski definition) is 4. The largest absolute Gasteiger partial charge is 0.308 e. The maximum absolute atomic E-state index is 5.54. The van der Waals surface area contributed by atoms with E-state index in [9.17, 15) is 0 Å². The molecule has 4 nitrogen and oxygen atoms in total. The monoisotopic (exact) mass is 254 g/mol. The SMILES string of the molecule is C=CCc1c(C)nc(Cc2ccccc2)nc1NN. The molecule has 98 valence electrons. The van der Waals surface area contributed by atoms with Gasteiger partial charge in [-0.3, -0.25) is 0 Å². The van der Waals surface area contributed by atoms with Crippen molar-refractivity contribution in [3.63, 3.8) is 0 Å². The van der Waals surface area contributed by atoms with Gasteiger partial charge in [-0.15, -0.1) is 6.58 Å². The second-order valence-electron chi connectivity index (χ2n) is 4.35. The first-order valence-corrected chi connectivity index (χ1v) is 6.22. The Morgan fingerprint density at radius 1 is 1.26 bits per heavy atom. The molecule has 0 unspecified atom stereocenters. The number of allylic oxidation sites excluding steroid dienone is 1. The van der Waals surface area contributed by atoms with Crippen molar-refractivity contribution in [3.8, 4) is 0 Å². The Labute approximate surface area is 113 Å². The summed E-state index contributed by atoms with van der Waals surface area (Å²) in [4.78, 5) is 9.01. The summed E-state index contributed by atoms with van der Waals surface area (Å²) in [7, 11) is 0. The highest BCUT2D eigenvalue weighted by Gasteiger charge is 2.10. The summed E-state index contributed by atoms with van der Waals surface area (Å²) >= 11 is 0. The normalized spacial score (nSPS) is 10.2. The lowest BCUT2D eigenvalue weighted by Gasteiger charge is -2.11. The zero-order valence-corrected chi connectivity index (χ0v) is 11.1. The van der Waals surface area contributed by atoms with Crippen molar-refractivity contribution >= 4 is 5.82 Å². The number of rotatable bonds is 5. The molecule has 0 amide bonds. The molecular weight excluding hydrogens is 236 g/mol. The highest BCUT2D eigenvalue weighted by atomic mass is 15.3. The van der Waals surface area contributed by atoms with Crippen LogP contribution in [0.4, 0.5) is 5.82 Å². The number of aryl methyl sites for hydroxylation is 1. The first-order chi connectivity index (χ1) is 9.24. The van der Waals surface area contributed by atoms with Gasteiger partial charge < -0.3 is 5.43 Å². The Kier molecular flexibility index (Phi) is 4.26. The Balaban J connectivity index is 2.32. The molecule has 4 heteroatoms. The number of anilines is 1. The second kappa shape index (κ2) is 6.11. The van der Waals surface area contributed by atoms with E-state index in [4.69, 9.17) is 5.84 Å². The number of benzene rings is 1. The summed E-state index contributed by atoms with van der Waals surface area (Å²) in [5, 5.41) is 0. The highest BCUT2D eigenvalue weighted by molar-refractivity contribution is 5.46. The van der Waals surface area contributed by atoms with Crippen LogP contribution in [0.5, 0.6) is 0 Å². The number of nitrogens with zero attached hydrogens (tertiary/aromatic N) is 2. The molecule has 0 aliphatic heterocycles. The molecule has 0 radical (unpaired) electrons. The zero-order valence-electron chi connectivity index (χ0n) is 11.1. The van der Waals surface area contributed by atoms with Crippen LogP contribution < -0.4 is 11.3 Å². The number of hydrazine groups is 1. The summed E-state index contributed by atoms with van der Waals surface area (Å²) < 4.78 is 0. The molecule has 0 bridgehead atoms. The van der Waals surface area contributed by atoms with E-state index in [0.29, 0.717) is 18.7 Å². The van der Waals surface area contributed by atoms with Crippen LogP contribution >= 0.6 is 0 Å². The smallest absolute Gasteiger partial charge is 0.147 e. The molecule has 0 fully saturated rings. The molecule has 1 heterocycles. The number of nitrogens with one attached hydrogen (secondary N) is 1. The maximum Gasteiger partial charge on any atom is 0.147 e. The number of hydrogen-bond donors (Lipinski definition) is 2. The van der Waals surface area contributed by atoms with Crippen molar-refractivity contribution < 1.29 is 0 Å². The third kappa shape index (κ3) is 3.17. The predicted octanol–water partition coefficient (Wildman–Crippen LogP) is 2.39. The molecule has 0 spiro atoms. The minimum absolute atomic E-state index is 0.679. The summed E-state index contributed by atoms with van der Waals surface area (Å²) in [6.45, 7) is 5.71. The highest BCUT2D eigenvalue weighted by Crippen LogP contribution is 2.17. The van der Waals surface area contributed by atoms with E-state index in [1.807, 2.05) is 31.2 Å². The first kappa shape index (κ1) is 13.2. The van der Waals surface area contributed by atoms with Gasteiger partial charge in [-0.2, -0.15) is 0 Å². The lowest BCUT2D eigenvalue weighted by molar-refractivity contribution is 0.915. The zero-order chi connectivity index (χ0) is 13.7. The molecule has 19 heavy (non-hydrogen) atoms. The number of nitrogen functional groups attached to an aromatic ring is 1. The summed E-state index contributed by atoms with van der Waals surface area (Å²) in [5.41, 5.74) is 5.76. The molecular formula is C15H18N4. The summed E-state index contributed by atoms with van der Waals surface area (Å²) in [6.07, 6.45) is 3.23. The van der Waals surface area contributed by atoms with Crippen molar-refractivity contribution in [2.45, 2.75) is 19.8 Å². The van der Waals surface area contributed by atoms with Crippen LogP contribution in [0.2, 0.25) is 0 Å². The molecule has 0 saturated heterocycles. The molecule has 0 aliphatic rings. The third-order valence-electron chi connectivity index (χ3n) is 2.95. The van der Waals surface area contributed by atoms with Gasteiger partial charge in [0.25, 0.3) is 0 Å². The van der Waals surface area contributed by atoms with Crippen LogP contribution in [0.1, 0.15) is 22.6 Å². The van der Waals surface area contributed by atoms with Crippen molar-refractivity contribution in [1.82, 2.24) is 9.97 Å². The van der Waals surface area contributed by atoms with Gasteiger partial charge in [0.1, 0.15) is 11.6 Å². The van der Waals surface area contributed by atoms with Gasteiger partial charge in [-0.1, -0.05) is 36.4 Å². The van der Waals surface area contributed by atoms with E-state index >= 15 is 0 Å². The second-order valence-corrected chi connectivity index (χ2v) is 4.35. The maximum atomic E-state index is 5.54. The quantitative estimate of drug-likeness (QED) is 0.488. The Morgan fingerprint density at radius 2 is 2.00 bits per heavy atom. The van der Waals surface area contributed by atoms with Crippen molar-refractivity contribution in [1.29, 1.82) is 0 Å². The summed E-state index contributed by atoms with van der Waals surface area (Å²) in [5.74, 6) is 6.98. The lowest BCUT2D eigenvalue weighted by Crippen LogP contribution is -2.15. The molecule has 1 aromatic carbocycles. The van der Waals surface area contributed by atoms with E-state index < -0.39 is 0 Å². The first-order valence-electron chi connectivity index (χ1n) is 6.22. The van der Waals surface area contributed by atoms with Gasteiger partial charge in [0, 0.05) is 17.7 Å². The van der Waals surface area contributed by atoms with Crippen molar-refractivity contribution in [2.24, 2.45) is 5.84 Å².